The highest BCUT2D eigenvalue weighted by atomic mass is 32.2. The fraction of sp³-hybridized carbons (Fsp3) is 0.350. The zero-order valence-electron chi connectivity index (χ0n) is 16.2. The second kappa shape index (κ2) is 8.65. The smallest absolute Gasteiger partial charge is 0.422 e. The van der Waals surface area contributed by atoms with Crippen molar-refractivity contribution in [1.29, 1.82) is 0 Å². The molecule has 6 nitrogen and oxygen atoms in total. The monoisotopic (exact) mass is 442 g/mol. The van der Waals surface area contributed by atoms with Gasteiger partial charge in [0.25, 0.3) is 5.91 Å². The number of carbonyl (C=O) groups is 1. The van der Waals surface area contributed by atoms with Gasteiger partial charge in [0.2, 0.25) is 10.0 Å². The first-order chi connectivity index (χ1) is 14.1. The minimum Gasteiger partial charge on any atom is -0.482 e. The molecule has 1 fully saturated rings. The molecule has 162 valence electrons. The van der Waals surface area contributed by atoms with Gasteiger partial charge in [0.1, 0.15) is 5.75 Å². The topological polar surface area (TPSA) is 75.7 Å². The molecule has 2 aromatic carbocycles. The van der Waals surface area contributed by atoms with Crippen LogP contribution in [0.25, 0.3) is 0 Å². The summed E-state index contributed by atoms with van der Waals surface area (Å²) in [6.45, 7) is 1.02. The van der Waals surface area contributed by atoms with Crippen LogP contribution in [-0.4, -0.2) is 44.5 Å². The van der Waals surface area contributed by atoms with E-state index >= 15 is 0 Å². The molecule has 1 saturated heterocycles. The number of benzene rings is 2. The Morgan fingerprint density at radius 2 is 1.73 bits per heavy atom. The second-order valence-corrected chi connectivity index (χ2v) is 8.93. The molecule has 0 atom stereocenters. The Labute approximate surface area is 172 Å². The predicted octanol–water partition coefficient (Wildman–Crippen LogP) is 3.97. The van der Waals surface area contributed by atoms with Crippen molar-refractivity contribution in [2.75, 3.05) is 25.0 Å². The summed E-state index contributed by atoms with van der Waals surface area (Å²) in [7, 11) is -3.82. The van der Waals surface area contributed by atoms with Crippen molar-refractivity contribution in [2.45, 2.75) is 30.8 Å². The Morgan fingerprint density at radius 3 is 2.33 bits per heavy atom. The van der Waals surface area contributed by atoms with Crippen LogP contribution >= 0.6 is 0 Å². The SMILES string of the molecule is Cc1ccc(C(=O)Nc2cc(S(=O)(=O)N3CCCC3)ccc2OCC(F)(F)F)cc1. The highest BCUT2D eigenvalue weighted by Crippen LogP contribution is 2.32. The third-order valence-electron chi connectivity index (χ3n) is 4.61. The van der Waals surface area contributed by atoms with E-state index < -0.39 is 28.7 Å². The molecule has 0 radical (unpaired) electrons. The van der Waals surface area contributed by atoms with Gasteiger partial charge in [-0.2, -0.15) is 17.5 Å². The Balaban J connectivity index is 1.93. The highest BCUT2D eigenvalue weighted by molar-refractivity contribution is 7.89. The summed E-state index contributed by atoms with van der Waals surface area (Å²) in [4.78, 5) is 12.4. The van der Waals surface area contributed by atoms with Crippen molar-refractivity contribution in [2.24, 2.45) is 0 Å². The number of sulfonamides is 1. The van der Waals surface area contributed by atoms with E-state index in [1.54, 1.807) is 24.3 Å². The molecule has 10 heteroatoms. The fourth-order valence-corrected chi connectivity index (χ4v) is 4.57. The Bertz CT molecular complexity index is 1020. The quantitative estimate of drug-likeness (QED) is 0.735. The number of hydrogen-bond acceptors (Lipinski definition) is 4. The molecule has 30 heavy (non-hydrogen) atoms. The Hall–Kier alpha value is -2.59. The van der Waals surface area contributed by atoms with Crippen LogP contribution in [0.5, 0.6) is 5.75 Å². The number of amides is 1. The molecule has 1 heterocycles. The summed E-state index contributed by atoms with van der Waals surface area (Å²) < 4.78 is 69.5. The number of nitrogens with one attached hydrogen (secondary N) is 1. The van der Waals surface area contributed by atoms with Crippen molar-refractivity contribution in [3.63, 3.8) is 0 Å². The maximum atomic E-state index is 12.8. The number of alkyl halides is 3. The third kappa shape index (κ3) is 5.31. The lowest BCUT2D eigenvalue weighted by atomic mass is 10.1. The van der Waals surface area contributed by atoms with Crippen molar-refractivity contribution >= 4 is 21.6 Å². The molecule has 1 aliphatic rings. The maximum Gasteiger partial charge on any atom is 0.422 e. The van der Waals surface area contributed by atoms with Crippen molar-refractivity contribution in [1.82, 2.24) is 4.31 Å². The first-order valence-corrected chi connectivity index (χ1v) is 10.7. The van der Waals surface area contributed by atoms with Crippen LogP contribution in [0.3, 0.4) is 0 Å². The van der Waals surface area contributed by atoms with Gasteiger partial charge in [-0.05, 0) is 50.1 Å². The van der Waals surface area contributed by atoms with Gasteiger partial charge in [-0.1, -0.05) is 17.7 Å². The average Bonchev–Trinajstić information content (AvgIpc) is 3.22. The number of nitrogens with zero attached hydrogens (tertiary/aromatic N) is 1. The normalized spacial score (nSPS) is 15.2. The third-order valence-corrected chi connectivity index (χ3v) is 6.50. The fourth-order valence-electron chi connectivity index (χ4n) is 3.03. The lowest BCUT2D eigenvalue weighted by Crippen LogP contribution is -2.28. The van der Waals surface area contributed by atoms with Crippen LogP contribution in [0.15, 0.2) is 47.4 Å². The second-order valence-electron chi connectivity index (χ2n) is 6.99. The van der Waals surface area contributed by atoms with E-state index in [9.17, 15) is 26.4 Å². The van der Waals surface area contributed by atoms with Gasteiger partial charge in [0.15, 0.2) is 6.61 Å². The molecule has 0 saturated carbocycles. The summed E-state index contributed by atoms with van der Waals surface area (Å²) in [5, 5.41) is 2.47. The molecule has 1 aliphatic heterocycles. The largest absolute Gasteiger partial charge is 0.482 e. The number of carbonyl (C=O) groups excluding carboxylic acids is 1. The zero-order chi connectivity index (χ0) is 21.9. The van der Waals surface area contributed by atoms with E-state index in [1.165, 1.54) is 10.4 Å². The van der Waals surface area contributed by atoms with Gasteiger partial charge in [-0.15, -0.1) is 0 Å². The number of hydrogen-bond donors (Lipinski definition) is 1. The molecular weight excluding hydrogens is 421 g/mol. The minimum atomic E-state index is -4.58. The van der Waals surface area contributed by atoms with Crippen LogP contribution in [-0.2, 0) is 10.0 Å². The molecule has 0 unspecified atom stereocenters. The molecule has 3 rings (SSSR count). The number of aryl methyl sites for hydroxylation is 1. The first kappa shape index (κ1) is 22.1. The highest BCUT2D eigenvalue weighted by Gasteiger charge is 2.31. The number of rotatable bonds is 6. The minimum absolute atomic E-state index is 0.122. The molecule has 0 spiro atoms. The van der Waals surface area contributed by atoms with Crippen molar-refractivity contribution in [3.05, 3.63) is 53.6 Å². The van der Waals surface area contributed by atoms with E-state index in [4.69, 9.17) is 4.74 Å². The molecule has 0 aromatic heterocycles. The van der Waals surface area contributed by atoms with E-state index in [0.717, 1.165) is 30.5 Å². The van der Waals surface area contributed by atoms with E-state index in [0.29, 0.717) is 13.1 Å². The van der Waals surface area contributed by atoms with Crippen LogP contribution in [0.2, 0.25) is 0 Å². The molecule has 0 bridgehead atoms. The van der Waals surface area contributed by atoms with Crippen LogP contribution < -0.4 is 10.1 Å². The lowest BCUT2D eigenvalue weighted by Gasteiger charge is -2.18. The van der Waals surface area contributed by atoms with Gasteiger partial charge in [-0.3, -0.25) is 4.79 Å². The molecule has 1 amide bonds. The first-order valence-electron chi connectivity index (χ1n) is 9.28. The molecule has 2 aromatic rings. The number of anilines is 1. The van der Waals surface area contributed by atoms with Gasteiger partial charge in [0, 0.05) is 18.7 Å². The van der Waals surface area contributed by atoms with Gasteiger partial charge >= 0.3 is 6.18 Å². The zero-order valence-corrected chi connectivity index (χ0v) is 17.0. The summed E-state index contributed by atoms with van der Waals surface area (Å²) in [5.41, 5.74) is 1.06. The summed E-state index contributed by atoms with van der Waals surface area (Å²) >= 11 is 0. The molecule has 1 N–H and O–H groups in total. The van der Waals surface area contributed by atoms with Gasteiger partial charge in [0.05, 0.1) is 10.6 Å². The average molecular weight is 442 g/mol. The van der Waals surface area contributed by atoms with Crippen molar-refractivity contribution < 1.29 is 31.1 Å². The van der Waals surface area contributed by atoms with Crippen LogP contribution in [0.4, 0.5) is 18.9 Å². The van der Waals surface area contributed by atoms with Gasteiger partial charge in [-0.25, -0.2) is 8.42 Å². The number of ether oxygens (including phenoxy) is 1. The van der Waals surface area contributed by atoms with Crippen molar-refractivity contribution in [3.8, 4) is 5.75 Å². The lowest BCUT2D eigenvalue weighted by molar-refractivity contribution is -0.153. The summed E-state index contributed by atoms with van der Waals surface area (Å²) in [6.07, 6.45) is -3.11. The summed E-state index contributed by atoms with van der Waals surface area (Å²) in [6, 6.07) is 9.98. The molecular formula is C20H21F3N2O4S. The van der Waals surface area contributed by atoms with E-state index in [1.807, 2.05) is 6.92 Å². The van der Waals surface area contributed by atoms with E-state index in [2.05, 4.69) is 5.32 Å². The Kier molecular flexibility index (Phi) is 6.37. The standard InChI is InChI=1S/C20H21F3N2O4S/c1-14-4-6-15(7-5-14)19(26)24-17-12-16(30(27,28)25-10-2-3-11-25)8-9-18(17)29-13-20(21,22)23/h4-9,12H,2-3,10-11,13H2,1H3,(H,24,26). The summed E-state index contributed by atoms with van der Waals surface area (Å²) in [5.74, 6) is -0.865. The van der Waals surface area contributed by atoms with Gasteiger partial charge < -0.3 is 10.1 Å². The number of halogens is 3. The van der Waals surface area contributed by atoms with Crippen LogP contribution in [0.1, 0.15) is 28.8 Å². The van der Waals surface area contributed by atoms with E-state index in [-0.39, 0.29) is 21.9 Å². The van der Waals surface area contributed by atoms with Crippen LogP contribution in [0, 0.1) is 6.92 Å². The predicted molar refractivity (Wildman–Crippen MR) is 105 cm³/mol. The Morgan fingerprint density at radius 1 is 1.10 bits per heavy atom. The maximum absolute atomic E-state index is 12.8. The molecule has 0 aliphatic carbocycles.